The molecule has 2 aromatic rings. The number of anilines is 1. The molecular formula is C18H24BrN5OS. The molecule has 0 radical (unpaired) electrons. The minimum absolute atomic E-state index is 0.0313. The number of hydrogen-bond acceptors (Lipinski definition) is 4. The van der Waals surface area contributed by atoms with E-state index < -0.39 is 0 Å². The molecule has 1 heterocycles. The van der Waals surface area contributed by atoms with Crippen LogP contribution in [-0.2, 0) is 11.3 Å². The van der Waals surface area contributed by atoms with Crippen molar-refractivity contribution >= 4 is 44.8 Å². The van der Waals surface area contributed by atoms with E-state index in [-0.39, 0.29) is 5.91 Å². The molecular weight excluding hydrogens is 414 g/mol. The van der Waals surface area contributed by atoms with Crippen molar-refractivity contribution in [1.82, 2.24) is 15.2 Å². The smallest absolute Gasteiger partial charge is 0.226 e. The van der Waals surface area contributed by atoms with Gasteiger partial charge in [-0.1, -0.05) is 15.9 Å². The number of aromatic nitrogens is 1. The largest absolute Gasteiger partial charge is 0.356 e. The number of benzene rings is 1. The van der Waals surface area contributed by atoms with Crippen LogP contribution in [0, 0.1) is 13.8 Å². The zero-order valence-corrected chi connectivity index (χ0v) is 17.9. The van der Waals surface area contributed by atoms with Gasteiger partial charge in [-0.05, 0) is 37.6 Å². The van der Waals surface area contributed by atoms with Gasteiger partial charge in [0.15, 0.2) is 5.96 Å². The van der Waals surface area contributed by atoms with Gasteiger partial charge in [-0.2, -0.15) is 0 Å². The number of guanidine groups is 1. The Balaban J connectivity index is 1.80. The number of thiazole rings is 1. The number of aliphatic imine (C=N–C) groups is 1. The zero-order valence-electron chi connectivity index (χ0n) is 15.5. The highest BCUT2D eigenvalue weighted by atomic mass is 79.9. The quantitative estimate of drug-likeness (QED) is 0.535. The Morgan fingerprint density at radius 3 is 2.77 bits per heavy atom. The van der Waals surface area contributed by atoms with Crippen molar-refractivity contribution in [2.75, 3.05) is 26.0 Å². The third-order valence-corrected chi connectivity index (χ3v) is 5.05. The van der Waals surface area contributed by atoms with Gasteiger partial charge in [-0.3, -0.25) is 9.79 Å². The van der Waals surface area contributed by atoms with E-state index in [1.165, 1.54) is 0 Å². The summed E-state index contributed by atoms with van der Waals surface area (Å²) >= 11 is 5.06. The molecule has 26 heavy (non-hydrogen) atoms. The van der Waals surface area contributed by atoms with Gasteiger partial charge < -0.3 is 15.5 Å². The van der Waals surface area contributed by atoms with Gasteiger partial charge in [0.1, 0.15) is 0 Å². The predicted molar refractivity (Wildman–Crippen MR) is 112 cm³/mol. The molecule has 2 rings (SSSR count). The van der Waals surface area contributed by atoms with Gasteiger partial charge in [-0.25, -0.2) is 4.98 Å². The number of nitrogens with one attached hydrogen (secondary N) is 2. The lowest BCUT2D eigenvalue weighted by molar-refractivity contribution is -0.116. The predicted octanol–water partition coefficient (Wildman–Crippen LogP) is 3.56. The molecule has 0 fully saturated rings. The Kier molecular flexibility index (Phi) is 7.59. The first kappa shape index (κ1) is 20.4. The highest BCUT2D eigenvalue weighted by molar-refractivity contribution is 9.10. The van der Waals surface area contributed by atoms with Crippen molar-refractivity contribution in [3.8, 4) is 0 Å². The summed E-state index contributed by atoms with van der Waals surface area (Å²) in [4.78, 5) is 22.9. The van der Waals surface area contributed by atoms with Crippen LogP contribution >= 0.6 is 27.3 Å². The molecule has 1 aromatic carbocycles. The second-order valence-corrected chi connectivity index (χ2v) is 7.92. The molecule has 0 saturated carbocycles. The minimum Gasteiger partial charge on any atom is -0.356 e. The van der Waals surface area contributed by atoms with Crippen molar-refractivity contribution in [2.24, 2.45) is 4.99 Å². The second-order valence-electron chi connectivity index (χ2n) is 5.95. The Hall–Kier alpha value is -1.93. The number of carbonyl (C=O) groups is 1. The maximum Gasteiger partial charge on any atom is 0.226 e. The molecule has 1 amide bonds. The molecule has 2 N–H and O–H groups in total. The summed E-state index contributed by atoms with van der Waals surface area (Å²) in [5.41, 5.74) is 2.87. The first-order valence-corrected chi connectivity index (χ1v) is 9.95. The molecule has 140 valence electrons. The lowest BCUT2D eigenvalue weighted by Crippen LogP contribution is -2.39. The first-order valence-electron chi connectivity index (χ1n) is 8.28. The number of nitrogens with zero attached hydrogens (tertiary/aromatic N) is 3. The van der Waals surface area contributed by atoms with Gasteiger partial charge in [-0.15, -0.1) is 11.3 Å². The molecule has 0 atom stereocenters. The molecule has 0 bridgehead atoms. The van der Waals surface area contributed by atoms with Crippen molar-refractivity contribution < 1.29 is 4.79 Å². The minimum atomic E-state index is -0.0313. The average Bonchev–Trinajstić information content (AvgIpc) is 2.99. The highest BCUT2D eigenvalue weighted by Crippen LogP contribution is 2.20. The molecule has 1 aromatic heterocycles. The monoisotopic (exact) mass is 437 g/mol. The SMILES string of the molecule is CN=C(NCCC(=O)Nc1ccc(Br)cc1C)N(C)Cc1csc(C)n1. The van der Waals surface area contributed by atoms with Crippen LogP contribution in [0.5, 0.6) is 0 Å². The summed E-state index contributed by atoms with van der Waals surface area (Å²) in [7, 11) is 3.69. The Bertz CT molecular complexity index is 790. The van der Waals surface area contributed by atoms with Crippen LogP contribution in [0.15, 0.2) is 33.0 Å². The van der Waals surface area contributed by atoms with E-state index in [0.29, 0.717) is 19.5 Å². The van der Waals surface area contributed by atoms with Gasteiger partial charge in [0.25, 0.3) is 0 Å². The van der Waals surface area contributed by atoms with Gasteiger partial charge >= 0.3 is 0 Å². The van der Waals surface area contributed by atoms with Crippen LogP contribution in [0.2, 0.25) is 0 Å². The van der Waals surface area contributed by atoms with Crippen LogP contribution in [-0.4, -0.2) is 42.4 Å². The molecule has 0 aliphatic carbocycles. The lowest BCUT2D eigenvalue weighted by atomic mass is 10.2. The zero-order chi connectivity index (χ0) is 19.1. The van der Waals surface area contributed by atoms with E-state index in [4.69, 9.17) is 0 Å². The van der Waals surface area contributed by atoms with Crippen LogP contribution in [0.3, 0.4) is 0 Å². The number of hydrogen-bond donors (Lipinski definition) is 2. The van der Waals surface area contributed by atoms with Crippen molar-refractivity contribution in [2.45, 2.75) is 26.8 Å². The Morgan fingerprint density at radius 2 is 2.15 bits per heavy atom. The molecule has 0 saturated heterocycles. The summed E-state index contributed by atoms with van der Waals surface area (Å²) in [5, 5.41) is 9.26. The summed E-state index contributed by atoms with van der Waals surface area (Å²) in [6.07, 6.45) is 0.359. The topological polar surface area (TPSA) is 69.6 Å². The van der Waals surface area contributed by atoms with Crippen LogP contribution < -0.4 is 10.6 Å². The Labute approximate surface area is 166 Å². The lowest BCUT2D eigenvalue weighted by Gasteiger charge is -2.21. The highest BCUT2D eigenvalue weighted by Gasteiger charge is 2.10. The number of rotatable bonds is 6. The van der Waals surface area contributed by atoms with Crippen molar-refractivity contribution in [3.05, 3.63) is 44.3 Å². The van der Waals surface area contributed by atoms with Crippen LogP contribution in [0.1, 0.15) is 22.7 Å². The van der Waals surface area contributed by atoms with Crippen LogP contribution in [0.25, 0.3) is 0 Å². The van der Waals surface area contributed by atoms with E-state index in [2.05, 4.69) is 36.5 Å². The van der Waals surface area contributed by atoms with E-state index in [0.717, 1.165) is 32.4 Å². The number of halogens is 1. The summed E-state index contributed by atoms with van der Waals surface area (Å²) < 4.78 is 0.997. The summed E-state index contributed by atoms with van der Waals surface area (Å²) in [5.74, 6) is 0.708. The fourth-order valence-electron chi connectivity index (χ4n) is 2.45. The fraction of sp³-hybridized carbons (Fsp3) is 0.389. The van der Waals surface area contributed by atoms with Crippen molar-refractivity contribution in [1.29, 1.82) is 0 Å². The van der Waals surface area contributed by atoms with E-state index in [1.54, 1.807) is 18.4 Å². The van der Waals surface area contributed by atoms with E-state index in [1.807, 2.05) is 49.4 Å². The van der Waals surface area contributed by atoms with E-state index in [9.17, 15) is 4.79 Å². The maximum absolute atomic E-state index is 12.2. The molecule has 0 unspecified atom stereocenters. The standard InChI is InChI=1S/C18H24BrN5OS/c1-12-9-14(19)5-6-16(12)23-17(25)7-8-21-18(20-3)24(4)10-15-11-26-13(2)22-15/h5-6,9,11H,7-8,10H2,1-4H3,(H,20,21)(H,23,25). The van der Waals surface area contributed by atoms with Crippen molar-refractivity contribution in [3.63, 3.8) is 0 Å². The normalized spacial score (nSPS) is 11.3. The fourth-order valence-corrected chi connectivity index (χ4v) is 3.53. The second kappa shape index (κ2) is 9.68. The molecule has 6 nitrogen and oxygen atoms in total. The Morgan fingerprint density at radius 1 is 1.38 bits per heavy atom. The molecule has 0 aliphatic rings. The van der Waals surface area contributed by atoms with Crippen LogP contribution in [0.4, 0.5) is 5.69 Å². The van der Waals surface area contributed by atoms with E-state index >= 15 is 0 Å². The average molecular weight is 438 g/mol. The van der Waals surface area contributed by atoms with Gasteiger partial charge in [0.05, 0.1) is 17.2 Å². The molecule has 0 spiro atoms. The molecule has 0 aliphatic heterocycles. The molecule has 8 heteroatoms. The third-order valence-electron chi connectivity index (χ3n) is 3.74. The van der Waals surface area contributed by atoms with Gasteiger partial charge in [0.2, 0.25) is 5.91 Å². The number of carbonyl (C=O) groups excluding carboxylic acids is 1. The van der Waals surface area contributed by atoms with Gasteiger partial charge in [0, 0.05) is 42.6 Å². The summed E-state index contributed by atoms with van der Waals surface area (Å²) in [6, 6.07) is 5.79. The number of aryl methyl sites for hydroxylation is 2. The third kappa shape index (κ3) is 6.10. The number of amides is 1. The first-order chi connectivity index (χ1) is 12.4. The maximum atomic E-state index is 12.2. The summed E-state index contributed by atoms with van der Waals surface area (Å²) in [6.45, 7) is 5.14.